The van der Waals surface area contributed by atoms with Crippen LogP contribution < -0.4 is 0 Å². The van der Waals surface area contributed by atoms with Crippen LogP contribution in [-0.4, -0.2) is 11.1 Å². The molecule has 2 aliphatic carbocycles. The van der Waals surface area contributed by atoms with E-state index in [1.807, 2.05) is 31.2 Å². The van der Waals surface area contributed by atoms with E-state index >= 15 is 0 Å². The molecular weight excluding hydrogens is 212 g/mol. The molecule has 2 saturated carbocycles. The van der Waals surface area contributed by atoms with Crippen LogP contribution in [0, 0.1) is 18.8 Å². The summed E-state index contributed by atoms with van der Waals surface area (Å²) in [5.74, 6) is 1.28. The van der Waals surface area contributed by atoms with Crippen molar-refractivity contribution in [2.45, 2.75) is 39.0 Å². The standard InChI is InChI=1S/C10H12O2.C5H8/c1-7-5-3-4-6-9(7)8(2)10(11)12;1-2-5-3-4(1)5/h3-6,8H,1-2H3,(H,11,12);4-5H,1-3H2. The number of carbonyl (C=O) groups is 1. The smallest absolute Gasteiger partial charge is 0.310 e. The Kier molecular flexibility index (Phi) is 3.51. The van der Waals surface area contributed by atoms with Gasteiger partial charge in [-0.1, -0.05) is 24.3 Å². The third-order valence-corrected chi connectivity index (χ3v) is 4.00. The Balaban J connectivity index is 0.000000174. The summed E-state index contributed by atoms with van der Waals surface area (Å²) in [6, 6.07) is 7.55. The summed E-state index contributed by atoms with van der Waals surface area (Å²) >= 11 is 0. The molecule has 2 nitrogen and oxygen atoms in total. The van der Waals surface area contributed by atoms with E-state index in [1.54, 1.807) is 26.2 Å². The van der Waals surface area contributed by atoms with E-state index in [1.165, 1.54) is 11.8 Å². The molecule has 2 fully saturated rings. The molecule has 17 heavy (non-hydrogen) atoms. The van der Waals surface area contributed by atoms with Gasteiger partial charge in [0.25, 0.3) is 0 Å². The lowest BCUT2D eigenvalue weighted by Gasteiger charge is -2.08. The second-order valence-electron chi connectivity index (χ2n) is 5.25. The Hall–Kier alpha value is -1.31. The lowest BCUT2D eigenvalue weighted by Crippen LogP contribution is -2.08. The lowest BCUT2D eigenvalue weighted by molar-refractivity contribution is -0.138. The van der Waals surface area contributed by atoms with E-state index in [0.717, 1.165) is 11.1 Å². The highest BCUT2D eigenvalue weighted by Crippen LogP contribution is 2.55. The molecule has 1 aromatic carbocycles. The third kappa shape index (κ3) is 2.87. The second-order valence-corrected chi connectivity index (χ2v) is 5.25. The lowest BCUT2D eigenvalue weighted by atomic mass is 9.97. The summed E-state index contributed by atoms with van der Waals surface area (Å²) in [5.41, 5.74) is 1.93. The Morgan fingerprint density at radius 2 is 1.88 bits per heavy atom. The number of aryl methyl sites for hydroxylation is 1. The number of benzene rings is 1. The van der Waals surface area contributed by atoms with Gasteiger partial charge in [-0.3, -0.25) is 4.79 Å². The Labute approximate surface area is 103 Å². The van der Waals surface area contributed by atoms with Crippen LogP contribution in [0.2, 0.25) is 0 Å². The van der Waals surface area contributed by atoms with Crippen LogP contribution in [-0.2, 0) is 4.79 Å². The van der Waals surface area contributed by atoms with Gasteiger partial charge in [-0.25, -0.2) is 0 Å². The van der Waals surface area contributed by atoms with Crippen LogP contribution in [0.3, 0.4) is 0 Å². The van der Waals surface area contributed by atoms with Gasteiger partial charge in [0.1, 0.15) is 0 Å². The molecule has 3 rings (SSSR count). The van der Waals surface area contributed by atoms with Crippen LogP contribution in [0.1, 0.15) is 43.2 Å². The minimum absolute atomic E-state index is 0.411. The number of hydrogen-bond acceptors (Lipinski definition) is 1. The summed E-state index contributed by atoms with van der Waals surface area (Å²) < 4.78 is 0. The molecule has 3 unspecified atom stereocenters. The minimum atomic E-state index is -0.774. The van der Waals surface area contributed by atoms with Crippen molar-refractivity contribution in [3.05, 3.63) is 35.4 Å². The van der Waals surface area contributed by atoms with Crippen LogP contribution in [0.5, 0.6) is 0 Å². The average molecular weight is 232 g/mol. The van der Waals surface area contributed by atoms with Gasteiger partial charge >= 0.3 is 5.97 Å². The number of aliphatic carboxylic acids is 1. The molecule has 1 N–H and O–H groups in total. The maximum Gasteiger partial charge on any atom is 0.310 e. The van der Waals surface area contributed by atoms with Gasteiger partial charge in [-0.15, -0.1) is 0 Å². The quantitative estimate of drug-likeness (QED) is 0.846. The van der Waals surface area contributed by atoms with Gasteiger partial charge in [-0.2, -0.15) is 0 Å². The van der Waals surface area contributed by atoms with Crippen molar-refractivity contribution >= 4 is 5.97 Å². The number of carboxylic acids is 1. The molecule has 2 heteroatoms. The minimum Gasteiger partial charge on any atom is -0.481 e. The Bertz CT molecular complexity index is 399. The number of carboxylic acid groups (broad SMARTS) is 1. The fourth-order valence-electron chi connectivity index (χ4n) is 2.39. The van der Waals surface area contributed by atoms with Crippen molar-refractivity contribution in [2.75, 3.05) is 0 Å². The normalized spacial score (nSPS) is 25.8. The van der Waals surface area contributed by atoms with Crippen LogP contribution >= 0.6 is 0 Å². The fourth-order valence-corrected chi connectivity index (χ4v) is 2.39. The summed E-state index contributed by atoms with van der Waals surface area (Å²) in [4.78, 5) is 10.7. The van der Waals surface area contributed by atoms with E-state index in [-0.39, 0.29) is 0 Å². The van der Waals surface area contributed by atoms with Crippen molar-refractivity contribution < 1.29 is 9.90 Å². The predicted octanol–water partition coefficient (Wildman–Crippen LogP) is 3.60. The Morgan fingerprint density at radius 3 is 2.24 bits per heavy atom. The topological polar surface area (TPSA) is 37.3 Å². The van der Waals surface area contributed by atoms with E-state index in [4.69, 9.17) is 5.11 Å². The van der Waals surface area contributed by atoms with Crippen molar-refractivity contribution in [2.24, 2.45) is 11.8 Å². The molecule has 0 amide bonds. The zero-order valence-electron chi connectivity index (χ0n) is 10.5. The molecule has 92 valence electrons. The highest BCUT2D eigenvalue weighted by atomic mass is 16.4. The largest absolute Gasteiger partial charge is 0.481 e. The van der Waals surface area contributed by atoms with Crippen molar-refractivity contribution in [1.82, 2.24) is 0 Å². The first-order valence-corrected chi connectivity index (χ1v) is 6.38. The predicted molar refractivity (Wildman–Crippen MR) is 68.1 cm³/mol. The molecule has 0 radical (unpaired) electrons. The average Bonchev–Trinajstić information content (AvgIpc) is 2.86. The van der Waals surface area contributed by atoms with Crippen LogP contribution in [0.25, 0.3) is 0 Å². The summed E-state index contributed by atoms with van der Waals surface area (Å²) in [5, 5.41) is 8.76. The SMILES string of the molecule is C1CC2CC12.Cc1ccccc1C(C)C(=O)O. The third-order valence-electron chi connectivity index (χ3n) is 4.00. The van der Waals surface area contributed by atoms with Gasteiger partial charge in [0.15, 0.2) is 0 Å². The molecule has 0 bridgehead atoms. The number of hydrogen-bond donors (Lipinski definition) is 1. The van der Waals surface area contributed by atoms with Crippen LogP contribution in [0.4, 0.5) is 0 Å². The molecule has 0 aromatic heterocycles. The first kappa shape index (κ1) is 12.2. The van der Waals surface area contributed by atoms with E-state index < -0.39 is 11.9 Å². The van der Waals surface area contributed by atoms with Gasteiger partial charge < -0.3 is 5.11 Å². The first-order valence-electron chi connectivity index (χ1n) is 6.38. The summed E-state index contributed by atoms with van der Waals surface area (Å²) in [6.45, 7) is 3.62. The van der Waals surface area contributed by atoms with Crippen molar-refractivity contribution in [1.29, 1.82) is 0 Å². The van der Waals surface area contributed by atoms with Crippen LogP contribution in [0.15, 0.2) is 24.3 Å². The second kappa shape index (κ2) is 4.91. The molecular formula is C15H20O2. The van der Waals surface area contributed by atoms with Gasteiger partial charge in [0, 0.05) is 0 Å². The molecule has 0 spiro atoms. The molecule has 0 saturated heterocycles. The molecule has 1 aromatic rings. The van der Waals surface area contributed by atoms with E-state index in [2.05, 4.69) is 0 Å². The van der Waals surface area contributed by atoms with Crippen molar-refractivity contribution in [3.8, 4) is 0 Å². The molecule has 2 aliphatic rings. The van der Waals surface area contributed by atoms with Gasteiger partial charge in [-0.05, 0) is 56.1 Å². The number of fused-ring (bicyclic) bond motifs is 1. The Morgan fingerprint density at radius 1 is 1.29 bits per heavy atom. The molecule has 3 atom stereocenters. The van der Waals surface area contributed by atoms with E-state index in [0.29, 0.717) is 0 Å². The number of rotatable bonds is 2. The van der Waals surface area contributed by atoms with Crippen molar-refractivity contribution in [3.63, 3.8) is 0 Å². The molecule has 0 aliphatic heterocycles. The zero-order chi connectivity index (χ0) is 12.4. The monoisotopic (exact) mass is 232 g/mol. The summed E-state index contributed by atoms with van der Waals surface area (Å²) in [7, 11) is 0. The van der Waals surface area contributed by atoms with Gasteiger partial charge in [0.05, 0.1) is 5.92 Å². The highest BCUT2D eigenvalue weighted by Gasteiger charge is 2.44. The maximum atomic E-state index is 10.7. The zero-order valence-corrected chi connectivity index (χ0v) is 10.5. The van der Waals surface area contributed by atoms with E-state index in [9.17, 15) is 4.79 Å². The molecule has 0 heterocycles. The highest BCUT2D eigenvalue weighted by molar-refractivity contribution is 5.76. The van der Waals surface area contributed by atoms with Gasteiger partial charge in [0.2, 0.25) is 0 Å². The summed E-state index contributed by atoms with van der Waals surface area (Å²) in [6.07, 6.45) is 4.70. The fraction of sp³-hybridized carbons (Fsp3) is 0.533. The maximum absolute atomic E-state index is 10.7. The first-order chi connectivity index (χ1) is 8.09.